The van der Waals surface area contributed by atoms with Crippen molar-refractivity contribution in [1.29, 1.82) is 5.26 Å². The van der Waals surface area contributed by atoms with E-state index in [4.69, 9.17) is 17.3 Å². The lowest BCUT2D eigenvalue weighted by Crippen LogP contribution is -2.03. The van der Waals surface area contributed by atoms with Crippen LogP contribution in [0, 0.1) is 18.3 Å². The maximum atomic E-state index is 9.50. The van der Waals surface area contributed by atoms with Crippen LogP contribution < -0.4 is 5.73 Å². The van der Waals surface area contributed by atoms with Crippen molar-refractivity contribution in [2.24, 2.45) is 0 Å². The number of nitrogens with zero attached hydrogens (tertiary/aromatic N) is 3. The Bertz CT molecular complexity index is 940. The summed E-state index contributed by atoms with van der Waals surface area (Å²) in [4.78, 5) is 0. The van der Waals surface area contributed by atoms with E-state index in [2.05, 4.69) is 27.1 Å². The number of hydrogen-bond donors (Lipinski definition) is 1. The van der Waals surface area contributed by atoms with Gasteiger partial charge < -0.3 is 5.73 Å². The third-order valence-corrected chi connectivity index (χ3v) is 4.48. The van der Waals surface area contributed by atoms with E-state index in [-0.39, 0.29) is 5.82 Å². The molecule has 0 unspecified atom stereocenters. The van der Waals surface area contributed by atoms with E-state index in [9.17, 15) is 5.26 Å². The molecule has 0 aliphatic carbocycles. The first-order valence-corrected chi connectivity index (χ1v) is 8.00. The highest BCUT2D eigenvalue weighted by molar-refractivity contribution is 9.10. The van der Waals surface area contributed by atoms with Gasteiger partial charge >= 0.3 is 0 Å². The van der Waals surface area contributed by atoms with Crippen molar-refractivity contribution in [3.05, 3.63) is 63.1 Å². The van der Waals surface area contributed by atoms with Crippen LogP contribution in [0.2, 0.25) is 5.02 Å². The van der Waals surface area contributed by atoms with Gasteiger partial charge in [0.2, 0.25) is 0 Å². The SMILES string of the molecule is Cc1ccc(-c2nn(-c3ccccc3Br)c(N)c2C#N)c(Cl)c1. The summed E-state index contributed by atoms with van der Waals surface area (Å²) in [6.07, 6.45) is 0. The number of halogens is 2. The molecule has 6 heteroatoms. The van der Waals surface area contributed by atoms with Gasteiger partial charge in [-0.3, -0.25) is 0 Å². The van der Waals surface area contributed by atoms with E-state index in [0.717, 1.165) is 15.7 Å². The topological polar surface area (TPSA) is 67.6 Å². The van der Waals surface area contributed by atoms with Crippen LogP contribution in [-0.2, 0) is 0 Å². The Kier molecular flexibility index (Phi) is 4.12. The Morgan fingerprint density at radius 2 is 2.00 bits per heavy atom. The summed E-state index contributed by atoms with van der Waals surface area (Å²) in [6.45, 7) is 1.95. The molecule has 1 heterocycles. The largest absolute Gasteiger partial charge is 0.382 e. The van der Waals surface area contributed by atoms with Gasteiger partial charge in [-0.25, -0.2) is 4.68 Å². The molecule has 0 fully saturated rings. The molecular weight excluding hydrogens is 376 g/mol. The van der Waals surface area contributed by atoms with Crippen molar-refractivity contribution in [2.45, 2.75) is 6.92 Å². The van der Waals surface area contributed by atoms with E-state index in [0.29, 0.717) is 21.8 Å². The molecule has 0 aliphatic heterocycles. The number of hydrogen-bond acceptors (Lipinski definition) is 3. The first-order valence-electron chi connectivity index (χ1n) is 6.83. The second-order valence-electron chi connectivity index (χ2n) is 5.07. The summed E-state index contributed by atoms with van der Waals surface area (Å²) >= 11 is 9.80. The fourth-order valence-corrected chi connectivity index (χ4v) is 3.13. The van der Waals surface area contributed by atoms with Crippen molar-refractivity contribution in [3.63, 3.8) is 0 Å². The quantitative estimate of drug-likeness (QED) is 0.692. The third-order valence-electron chi connectivity index (χ3n) is 3.49. The van der Waals surface area contributed by atoms with Gasteiger partial charge in [0.25, 0.3) is 0 Å². The molecule has 0 saturated heterocycles. The number of para-hydroxylation sites is 1. The highest BCUT2D eigenvalue weighted by Crippen LogP contribution is 2.34. The van der Waals surface area contributed by atoms with Gasteiger partial charge in [-0.1, -0.05) is 35.9 Å². The normalized spacial score (nSPS) is 10.5. The molecule has 114 valence electrons. The minimum atomic E-state index is 0.283. The summed E-state index contributed by atoms with van der Waals surface area (Å²) in [5.74, 6) is 0.283. The molecule has 23 heavy (non-hydrogen) atoms. The van der Waals surface area contributed by atoms with E-state index in [1.54, 1.807) is 4.68 Å². The lowest BCUT2D eigenvalue weighted by atomic mass is 10.1. The first-order chi connectivity index (χ1) is 11.0. The predicted octanol–water partition coefficient (Wildman–Crippen LogP) is 4.72. The van der Waals surface area contributed by atoms with Gasteiger partial charge in [-0.05, 0) is 46.6 Å². The fourth-order valence-electron chi connectivity index (χ4n) is 2.35. The number of aromatic nitrogens is 2. The van der Waals surface area contributed by atoms with Gasteiger partial charge in [-0.15, -0.1) is 0 Å². The number of benzene rings is 2. The summed E-state index contributed by atoms with van der Waals surface area (Å²) < 4.78 is 2.38. The molecule has 0 spiro atoms. The van der Waals surface area contributed by atoms with Crippen LogP contribution in [0.25, 0.3) is 16.9 Å². The molecule has 1 aromatic heterocycles. The van der Waals surface area contributed by atoms with Crippen LogP contribution in [0.1, 0.15) is 11.1 Å². The smallest absolute Gasteiger partial charge is 0.145 e. The number of nitrogens with two attached hydrogens (primary N) is 1. The van der Waals surface area contributed by atoms with Crippen molar-refractivity contribution >= 4 is 33.3 Å². The molecule has 0 atom stereocenters. The monoisotopic (exact) mass is 386 g/mol. The zero-order valence-electron chi connectivity index (χ0n) is 12.2. The Balaban J connectivity index is 2.26. The van der Waals surface area contributed by atoms with Crippen molar-refractivity contribution < 1.29 is 0 Å². The third kappa shape index (κ3) is 2.72. The van der Waals surface area contributed by atoms with E-state index in [1.807, 2.05) is 49.4 Å². The van der Waals surface area contributed by atoms with Gasteiger partial charge in [0.1, 0.15) is 23.1 Å². The minimum absolute atomic E-state index is 0.283. The van der Waals surface area contributed by atoms with Crippen LogP contribution >= 0.6 is 27.5 Å². The second-order valence-corrected chi connectivity index (χ2v) is 6.33. The van der Waals surface area contributed by atoms with Crippen LogP contribution in [0.3, 0.4) is 0 Å². The summed E-state index contributed by atoms with van der Waals surface area (Å²) in [5, 5.41) is 14.6. The number of anilines is 1. The standard InChI is InChI=1S/C17H12BrClN4/c1-10-6-7-11(14(19)8-10)16-12(9-20)17(21)23(22-16)15-5-3-2-4-13(15)18/h2-8H,21H2,1H3. The summed E-state index contributed by atoms with van der Waals surface area (Å²) in [6, 6.07) is 15.3. The molecule has 0 bridgehead atoms. The molecule has 2 N–H and O–H groups in total. The number of rotatable bonds is 2. The molecule has 3 rings (SSSR count). The van der Waals surface area contributed by atoms with E-state index in [1.165, 1.54) is 0 Å². The molecule has 4 nitrogen and oxygen atoms in total. The molecular formula is C17H12BrClN4. The molecule has 0 radical (unpaired) electrons. The summed E-state index contributed by atoms with van der Waals surface area (Å²) in [5.41, 5.74) is 9.42. The fraction of sp³-hybridized carbons (Fsp3) is 0.0588. The first kappa shape index (κ1) is 15.6. The number of nitrogen functional groups attached to an aromatic ring is 1. The predicted molar refractivity (Wildman–Crippen MR) is 95.6 cm³/mol. The van der Waals surface area contributed by atoms with Crippen molar-refractivity contribution in [3.8, 4) is 23.0 Å². The second kappa shape index (κ2) is 6.07. The number of nitriles is 1. The molecule has 2 aromatic carbocycles. The van der Waals surface area contributed by atoms with Crippen molar-refractivity contribution in [1.82, 2.24) is 9.78 Å². The van der Waals surface area contributed by atoms with Gasteiger partial charge in [0, 0.05) is 10.0 Å². The maximum absolute atomic E-state index is 9.50. The average molecular weight is 388 g/mol. The molecule has 3 aromatic rings. The zero-order chi connectivity index (χ0) is 16.6. The van der Waals surface area contributed by atoms with Crippen LogP contribution in [-0.4, -0.2) is 9.78 Å². The van der Waals surface area contributed by atoms with Gasteiger partial charge in [0.15, 0.2) is 0 Å². The lowest BCUT2D eigenvalue weighted by Gasteiger charge is -2.06. The molecule has 0 aliphatic rings. The van der Waals surface area contributed by atoms with E-state index < -0.39 is 0 Å². The van der Waals surface area contributed by atoms with Gasteiger partial charge in [0.05, 0.1) is 10.7 Å². The van der Waals surface area contributed by atoms with Crippen LogP contribution in [0.4, 0.5) is 5.82 Å². The minimum Gasteiger partial charge on any atom is -0.382 e. The Labute approximate surface area is 147 Å². The number of aryl methyl sites for hydroxylation is 1. The maximum Gasteiger partial charge on any atom is 0.145 e. The lowest BCUT2D eigenvalue weighted by molar-refractivity contribution is 0.890. The van der Waals surface area contributed by atoms with Crippen LogP contribution in [0.15, 0.2) is 46.9 Å². The Hall–Kier alpha value is -2.29. The van der Waals surface area contributed by atoms with E-state index >= 15 is 0 Å². The molecule has 0 saturated carbocycles. The highest BCUT2D eigenvalue weighted by atomic mass is 79.9. The average Bonchev–Trinajstić information content (AvgIpc) is 2.84. The van der Waals surface area contributed by atoms with Crippen LogP contribution in [0.5, 0.6) is 0 Å². The molecule has 0 amide bonds. The summed E-state index contributed by atoms with van der Waals surface area (Å²) in [7, 11) is 0. The van der Waals surface area contributed by atoms with Gasteiger partial charge in [-0.2, -0.15) is 10.4 Å². The Morgan fingerprint density at radius 1 is 1.26 bits per heavy atom. The zero-order valence-corrected chi connectivity index (χ0v) is 14.6. The Morgan fingerprint density at radius 3 is 2.65 bits per heavy atom. The highest BCUT2D eigenvalue weighted by Gasteiger charge is 2.20. The van der Waals surface area contributed by atoms with Crippen molar-refractivity contribution in [2.75, 3.05) is 5.73 Å².